The number of carbonyl (C=O) groups is 1. The maximum atomic E-state index is 11.3. The average Bonchev–Trinajstić information content (AvgIpc) is 2.55. The number of aryl methyl sites for hydroxylation is 1. The number of ether oxygens (including phenoxy) is 1. The number of carbonyl (C=O) groups excluding carboxylic acids is 1. The van der Waals surface area contributed by atoms with Crippen LogP contribution >= 0.6 is 0 Å². The zero-order valence-corrected chi connectivity index (χ0v) is 9.30. The predicted octanol–water partition coefficient (Wildman–Crippen LogP) is 0.221. The van der Waals surface area contributed by atoms with Crippen LogP contribution in [-0.4, -0.2) is 17.6 Å². The summed E-state index contributed by atoms with van der Waals surface area (Å²) in [6.45, 7) is 0.129. The molecule has 0 aliphatic rings. The highest BCUT2D eigenvalue weighted by molar-refractivity contribution is 5.77. The molecule has 1 heterocycles. The molecule has 5 heteroatoms. The summed E-state index contributed by atoms with van der Waals surface area (Å²) in [6, 6.07) is 7.73. The number of nitrogens with two attached hydrogens (primary N) is 1. The van der Waals surface area contributed by atoms with Gasteiger partial charge in [-0.25, -0.2) is 13.9 Å². The molecule has 0 spiro atoms. The van der Waals surface area contributed by atoms with Crippen LogP contribution in [0.3, 0.4) is 0 Å². The molecule has 0 aliphatic heterocycles. The van der Waals surface area contributed by atoms with Gasteiger partial charge in [0.25, 0.3) is 0 Å². The van der Waals surface area contributed by atoms with Gasteiger partial charge >= 0.3 is 11.9 Å². The second-order valence-corrected chi connectivity index (χ2v) is 3.57. The van der Waals surface area contributed by atoms with Gasteiger partial charge in [0.15, 0.2) is 6.54 Å². The van der Waals surface area contributed by atoms with E-state index in [-0.39, 0.29) is 12.5 Å². The van der Waals surface area contributed by atoms with E-state index in [9.17, 15) is 4.79 Å². The summed E-state index contributed by atoms with van der Waals surface area (Å²) in [5.74, 6) is 0.222. The number of methoxy groups -OCH3 is 1. The normalized spacial score (nSPS) is 10.6. The van der Waals surface area contributed by atoms with Gasteiger partial charge in [-0.05, 0) is 12.1 Å². The summed E-state index contributed by atoms with van der Waals surface area (Å²) in [7, 11) is 3.23. The van der Waals surface area contributed by atoms with E-state index in [2.05, 4.69) is 4.74 Å². The molecule has 0 atom stereocenters. The molecule has 0 bridgehead atoms. The van der Waals surface area contributed by atoms with Gasteiger partial charge in [0.2, 0.25) is 0 Å². The summed E-state index contributed by atoms with van der Waals surface area (Å²) < 4.78 is 8.23. The Bertz CT molecular complexity index is 545. The van der Waals surface area contributed by atoms with Crippen LogP contribution in [0.2, 0.25) is 0 Å². The Morgan fingerprint density at radius 2 is 2.19 bits per heavy atom. The average molecular weight is 220 g/mol. The van der Waals surface area contributed by atoms with Crippen molar-refractivity contribution >= 4 is 23.0 Å². The van der Waals surface area contributed by atoms with Crippen LogP contribution in [0.25, 0.3) is 11.0 Å². The van der Waals surface area contributed by atoms with Gasteiger partial charge < -0.3 is 4.74 Å². The van der Waals surface area contributed by atoms with Gasteiger partial charge in [-0.1, -0.05) is 12.1 Å². The van der Waals surface area contributed by atoms with Crippen LogP contribution in [0.5, 0.6) is 0 Å². The van der Waals surface area contributed by atoms with Crippen LogP contribution in [0.15, 0.2) is 24.3 Å². The molecule has 1 aromatic carbocycles. The Kier molecular flexibility index (Phi) is 2.52. The number of para-hydroxylation sites is 2. The van der Waals surface area contributed by atoms with Crippen molar-refractivity contribution in [2.75, 3.05) is 12.8 Å². The molecular formula is C11H14N3O2+. The molecule has 1 aromatic heterocycles. The molecule has 0 unspecified atom stereocenters. The van der Waals surface area contributed by atoms with Crippen molar-refractivity contribution in [2.24, 2.45) is 7.05 Å². The van der Waals surface area contributed by atoms with E-state index in [0.29, 0.717) is 5.95 Å². The fraction of sp³-hybridized carbons (Fsp3) is 0.273. The third-order valence-corrected chi connectivity index (χ3v) is 2.67. The van der Waals surface area contributed by atoms with Crippen molar-refractivity contribution in [1.82, 2.24) is 4.57 Å². The van der Waals surface area contributed by atoms with E-state index in [1.165, 1.54) is 7.11 Å². The van der Waals surface area contributed by atoms with Gasteiger partial charge in [-0.3, -0.25) is 5.73 Å². The number of hydrogen-bond acceptors (Lipinski definition) is 3. The second kappa shape index (κ2) is 3.84. The van der Waals surface area contributed by atoms with E-state index in [0.717, 1.165) is 11.0 Å². The van der Waals surface area contributed by atoms with Crippen molar-refractivity contribution in [2.45, 2.75) is 6.54 Å². The van der Waals surface area contributed by atoms with Crippen molar-refractivity contribution < 1.29 is 14.1 Å². The maximum Gasteiger partial charge on any atom is 0.356 e. The summed E-state index contributed by atoms with van der Waals surface area (Å²) in [5.41, 5.74) is 7.85. The van der Waals surface area contributed by atoms with Gasteiger partial charge in [-0.2, -0.15) is 0 Å². The second-order valence-electron chi connectivity index (χ2n) is 3.57. The molecule has 5 nitrogen and oxygen atoms in total. The third-order valence-electron chi connectivity index (χ3n) is 2.67. The topological polar surface area (TPSA) is 61.1 Å². The number of fused-ring (bicyclic) bond motifs is 1. The van der Waals surface area contributed by atoms with Crippen LogP contribution in [0.1, 0.15) is 0 Å². The lowest BCUT2D eigenvalue weighted by Gasteiger charge is -1.98. The number of anilines is 1. The van der Waals surface area contributed by atoms with Gasteiger partial charge in [-0.15, -0.1) is 0 Å². The quantitative estimate of drug-likeness (QED) is 0.582. The van der Waals surface area contributed by atoms with E-state index < -0.39 is 0 Å². The molecular weight excluding hydrogens is 206 g/mol. The lowest BCUT2D eigenvalue weighted by atomic mass is 10.3. The van der Waals surface area contributed by atoms with Gasteiger partial charge in [0, 0.05) is 0 Å². The highest BCUT2D eigenvalue weighted by Crippen LogP contribution is 2.14. The van der Waals surface area contributed by atoms with Crippen molar-refractivity contribution in [3.05, 3.63) is 24.3 Å². The molecule has 0 saturated heterocycles. The minimum Gasteiger partial charge on any atom is -0.467 e. The zero-order chi connectivity index (χ0) is 11.7. The number of benzene rings is 1. The van der Waals surface area contributed by atoms with Crippen molar-refractivity contribution in [1.29, 1.82) is 0 Å². The molecule has 0 amide bonds. The SMILES string of the molecule is COC(=O)Cn1c(N)[n+](C)c2ccccc21. The Morgan fingerprint density at radius 1 is 1.50 bits per heavy atom. The first kappa shape index (κ1) is 10.5. The molecule has 2 N–H and O–H groups in total. The lowest BCUT2D eigenvalue weighted by Crippen LogP contribution is -2.31. The highest BCUT2D eigenvalue weighted by atomic mass is 16.5. The Morgan fingerprint density at radius 3 is 2.88 bits per heavy atom. The number of aromatic nitrogens is 2. The van der Waals surface area contributed by atoms with E-state index in [1.54, 1.807) is 4.57 Å². The summed E-state index contributed by atoms with van der Waals surface area (Å²) in [4.78, 5) is 11.3. The third kappa shape index (κ3) is 1.50. The molecule has 2 rings (SSSR count). The van der Waals surface area contributed by atoms with Gasteiger partial charge in [0.1, 0.15) is 11.0 Å². The number of imidazole rings is 1. The van der Waals surface area contributed by atoms with Crippen molar-refractivity contribution in [3.63, 3.8) is 0 Å². The zero-order valence-electron chi connectivity index (χ0n) is 9.30. The molecule has 2 aromatic rings. The first-order valence-electron chi connectivity index (χ1n) is 4.94. The van der Waals surface area contributed by atoms with E-state index >= 15 is 0 Å². The lowest BCUT2D eigenvalue weighted by molar-refractivity contribution is -0.630. The first-order valence-corrected chi connectivity index (χ1v) is 4.94. The molecule has 0 aliphatic carbocycles. The van der Waals surface area contributed by atoms with Crippen molar-refractivity contribution in [3.8, 4) is 0 Å². The number of esters is 1. The van der Waals surface area contributed by atoms with Gasteiger partial charge in [0.05, 0.1) is 14.2 Å². The molecule has 0 saturated carbocycles. The smallest absolute Gasteiger partial charge is 0.356 e. The molecule has 0 fully saturated rings. The Labute approximate surface area is 93.0 Å². The van der Waals surface area contributed by atoms with E-state index in [4.69, 9.17) is 5.73 Å². The fourth-order valence-corrected chi connectivity index (χ4v) is 1.76. The predicted molar refractivity (Wildman–Crippen MR) is 59.5 cm³/mol. The number of rotatable bonds is 2. The molecule has 16 heavy (non-hydrogen) atoms. The molecule has 0 radical (unpaired) electrons. The molecule has 84 valence electrons. The number of nitrogens with zero attached hydrogens (tertiary/aromatic N) is 2. The van der Waals surface area contributed by atoms with E-state index in [1.807, 2.05) is 35.9 Å². The Hall–Kier alpha value is -2.04. The van der Waals surface area contributed by atoms with Crippen LogP contribution in [-0.2, 0) is 23.1 Å². The van der Waals surface area contributed by atoms with Crippen LogP contribution in [0.4, 0.5) is 5.95 Å². The largest absolute Gasteiger partial charge is 0.467 e. The summed E-state index contributed by atoms with van der Waals surface area (Å²) in [5, 5.41) is 0. The highest BCUT2D eigenvalue weighted by Gasteiger charge is 2.20. The summed E-state index contributed by atoms with van der Waals surface area (Å²) in [6.07, 6.45) is 0. The van der Waals surface area contributed by atoms with Crippen LogP contribution in [0, 0.1) is 0 Å². The minimum atomic E-state index is -0.312. The minimum absolute atomic E-state index is 0.129. The fourth-order valence-electron chi connectivity index (χ4n) is 1.76. The number of nitrogen functional groups attached to an aromatic ring is 1. The monoisotopic (exact) mass is 220 g/mol. The maximum absolute atomic E-state index is 11.3. The standard InChI is InChI=1S/C11H13N3O2/c1-13-8-5-3-4-6-9(8)14(11(13)12)7-10(15)16-2/h3-6,12H,7H2,1-2H3/p+1. The Balaban J connectivity index is 2.59. The summed E-state index contributed by atoms with van der Waals surface area (Å²) >= 11 is 0. The number of hydrogen-bond donors (Lipinski definition) is 1. The first-order chi connectivity index (χ1) is 7.65. The van der Waals surface area contributed by atoms with Crippen LogP contribution < -0.4 is 10.3 Å².